The third-order valence-electron chi connectivity index (χ3n) is 3.19. The lowest BCUT2D eigenvalue weighted by atomic mass is 9.98. The molecule has 2 aromatic carbocycles. The number of rotatable bonds is 2. The average Bonchev–Trinajstić information content (AvgIpc) is 2.49. The Labute approximate surface area is 124 Å². The number of ketones is 1. The summed E-state index contributed by atoms with van der Waals surface area (Å²) in [5, 5.41) is 1.85. The van der Waals surface area contributed by atoms with Crippen LogP contribution in [0, 0.1) is 0 Å². The number of carbonyl (C=O) groups excluding carboxylic acids is 1. The van der Waals surface area contributed by atoms with Crippen LogP contribution in [0.2, 0.25) is 0 Å². The van der Waals surface area contributed by atoms with Crippen LogP contribution in [0.5, 0.6) is 0 Å². The molecule has 3 nitrogen and oxygen atoms in total. The molecule has 98 valence electrons. The molecule has 0 unspecified atom stereocenters. The number of aromatic nitrogens is 1. The molecule has 0 saturated carbocycles. The molecule has 0 saturated heterocycles. The van der Waals surface area contributed by atoms with Crippen LogP contribution in [-0.4, -0.2) is 10.8 Å². The van der Waals surface area contributed by atoms with Gasteiger partial charge in [0.1, 0.15) is 0 Å². The van der Waals surface area contributed by atoms with E-state index in [2.05, 4.69) is 20.9 Å². The van der Waals surface area contributed by atoms with Gasteiger partial charge in [-0.05, 0) is 45.6 Å². The SMILES string of the molecule is Nc1ccc(C(=O)c2cccc3cnccc23)cc1Br. The Bertz CT molecular complexity index is 809. The molecule has 2 N–H and O–H groups in total. The van der Waals surface area contributed by atoms with E-state index in [9.17, 15) is 4.79 Å². The van der Waals surface area contributed by atoms with Gasteiger partial charge in [0.15, 0.2) is 5.78 Å². The van der Waals surface area contributed by atoms with E-state index in [1.54, 1.807) is 30.6 Å². The largest absolute Gasteiger partial charge is 0.398 e. The number of carbonyl (C=O) groups is 1. The summed E-state index contributed by atoms with van der Waals surface area (Å²) in [6.45, 7) is 0. The Balaban J connectivity index is 2.15. The Morgan fingerprint density at radius 3 is 2.80 bits per heavy atom. The summed E-state index contributed by atoms with van der Waals surface area (Å²) in [4.78, 5) is 16.7. The molecule has 3 aromatic rings. The maximum Gasteiger partial charge on any atom is 0.193 e. The van der Waals surface area contributed by atoms with Gasteiger partial charge >= 0.3 is 0 Å². The third-order valence-corrected chi connectivity index (χ3v) is 3.87. The van der Waals surface area contributed by atoms with Crippen LogP contribution in [-0.2, 0) is 0 Å². The minimum absolute atomic E-state index is 0.0255. The van der Waals surface area contributed by atoms with Crippen molar-refractivity contribution in [1.82, 2.24) is 4.98 Å². The molecule has 0 spiro atoms. The van der Waals surface area contributed by atoms with Crippen LogP contribution in [0.15, 0.2) is 59.3 Å². The zero-order valence-electron chi connectivity index (χ0n) is 10.5. The molecule has 0 fully saturated rings. The summed E-state index contributed by atoms with van der Waals surface area (Å²) in [6, 6.07) is 12.7. The van der Waals surface area contributed by atoms with Crippen molar-refractivity contribution < 1.29 is 4.79 Å². The van der Waals surface area contributed by atoms with Gasteiger partial charge in [-0.25, -0.2) is 0 Å². The summed E-state index contributed by atoms with van der Waals surface area (Å²) in [5.41, 5.74) is 7.64. The summed E-state index contributed by atoms with van der Waals surface area (Å²) in [7, 11) is 0. The van der Waals surface area contributed by atoms with E-state index in [4.69, 9.17) is 5.73 Å². The Hall–Kier alpha value is -2.20. The highest BCUT2D eigenvalue weighted by molar-refractivity contribution is 9.10. The molecule has 1 heterocycles. The molecule has 0 aliphatic carbocycles. The number of nitrogens with zero attached hydrogens (tertiary/aromatic N) is 1. The van der Waals surface area contributed by atoms with Crippen molar-refractivity contribution in [3.8, 4) is 0 Å². The van der Waals surface area contributed by atoms with Crippen LogP contribution >= 0.6 is 15.9 Å². The van der Waals surface area contributed by atoms with E-state index in [0.29, 0.717) is 16.8 Å². The molecule has 20 heavy (non-hydrogen) atoms. The molecule has 0 bridgehead atoms. The fourth-order valence-electron chi connectivity index (χ4n) is 2.14. The molecule has 0 atom stereocenters. The van der Waals surface area contributed by atoms with Crippen LogP contribution in [0.1, 0.15) is 15.9 Å². The Morgan fingerprint density at radius 2 is 2.00 bits per heavy atom. The Kier molecular flexibility index (Phi) is 3.24. The van der Waals surface area contributed by atoms with Gasteiger partial charge in [-0.2, -0.15) is 0 Å². The summed E-state index contributed by atoms with van der Waals surface area (Å²) >= 11 is 3.35. The number of pyridine rings is 1. The monoisotopic (exact) mass is 326 g/mol. The van der Waals surface area contributed by atoms with Crippen molar-refractivity contribution in [3.63, 3.8) is 0 Å². The predicted octanol–water partition coefficient (Wildman–Crippen LogP) is 3.81. The molecule has 0 radical (unpaired) electrons. The van der Waals surface area contributed by atoms with E-state index >= 15 is 0 Å². The second kappa shape index (κ2) is 5.06. The lowest BCUT2D eigenvalue weighted by Crippen LogP contribution is -2.03. The second-order valence-electron chi connectivity index (χ2n) is 4.47. The molecule has 0 amide bonds. The molecule has 3 rings (SSSR count). The summed E-state index contributed by atoms with van der Waals surface area (Å²) < 4.78 is 0.727. The maximum absolute atomic E-state index is 12.6. The summed E-state index contributed by atoms with van der Waals surface area (Å²) in [6.07, 6.45) is 3.45. The second-order valence-corrected chi connectivity index (χ2v) is 5.32. The zero-order chi connectivity index (χ0) is 14.1. The van der Waals surface area contributed by atoms with E-state index in [1.807, 2.05) is 24.3 Å². The summed E-state index contributed by atoms with van der Waals surface area (Å²) in [5.74, 6) is -0.0255. The van der Waals surface area contributed by atoms with Gasteiger partial charge < -0.3 is 5.73 Å². The standard InChI is InChI=1S/C16H11BrN2O/c17-14-8-10(4-5-15(14)18)16(20)13-3-1-2-11-9-19-7-6-12(11)13/h1-9H,18H2. The number of anilines is 1. The van der Waals surface area contributed by atoms with Crippen molar-refractivity contribution >= 4 is 38.2 Å². The van der Waals surface area contributed by atoms with E-state index in [1.165, 1.54) is 0 Å². The smallest absolute Gasteiger partial charge is 0.193 e. The van der Waals surface area contributed by atoms with Gasteiger partial charge in [0.05, 0.1) is 0 Å². The molecular weight excluding hydrogens is 316 g/mol. The lowest BCUT2D eigenvalue weighted by Gasteiger charge is -2.07. The number of nitrogens with two attached hydrogens (primary N) is 1. The zero-order valence-corrected chi connectivity index (χ0v) is 12.1. The first-order valence-corrected chi connectivity index (χ1v) is 6.88. The van der Waals surface area contributed by atoms with E-state index in [-0.39, 0.29) is 5.78 Å². The first kappa shape index (κ1) is 12.8. The first-order chi connectivity index (χ1) is 9.66. The van der Waals surface area contributed by atoms with Crippen LogP contribution in [0.25, 0.3) is 10.8 Å². The molecule has 1 aromatic heterocycles. The number of nitrogen functional groups attached to an aromatic ring is 1. The minimum Gasteiger partial charge on any atom is -0.398 e. The molecule has 4 heteroatoms. The van der Waals surface area contributed by atoms with Gasteiger partial charge in [-0.3, -0.25) is 9.78 Å². The lowest BCUT2D eigenvalue weighted by molar-refractivity contribution is 0.104. The van der Waals surface area contributed by atoms with Crippen LogP contribution in [0.3, 0.4) is 0 Å². The third kappa shape index (κ3) is 2.18. The number of fused-ring (bicyclic) bond motifs is 1. The Morgan fingerprint density at radius 1 is 1.15 bits per heavy atom. The van der Waals surface area contributed by atoms with E-state index < -0.39 is 0 Å². The number of hydrogen-bond acceptors (Lipinski definition) is 3. The highest BCUT2D eigenvalue weighted by atomic mass is 79.9. The van der Waals surface area contributed by atoms with Gasteiger partial charge in [-0.15, -0.1) is 0 Å². The molecular formula is C16H11BrN2O. The average molecular weight is 327 g/mol. The number of halogens is 1. The van der Waals surface area contributed by atoms with Crippen LogP contribution < -0.4 is 5.73 Å². The van der Waals surface area contributed by atoms with Crippen LogP contribution in [0.4, 0.5) is 5.69 Å². The quantitative estimate of drug-likeness (QED) is 0.575. The van der Waals surface area contributed by atoms with Crippen molar-refractivity contribution in [2.75, 3.05) is 5.73 Å². The number of benzene rings is 2. The topological polar surface area (TPSA) is 56.0 Å². The van der Waals surface area contributed by atoms with Crippen molar-refractivity contribution in [1.29, 1.82) is 0 Å². The van der Waals surface area contributed by atoms with Gasteiger partial charge in [0.2, 0.25) is 0 Å². The molecule has 0 aliphatic heterocycles. The highest BCUT2D eigenvalue weighted by Crippen LogP contribution is 2.25. The maximum atomic E-state index is 12.6. The van der Waals surface area contributed by atoms with Crippen molar-refractivity contribution in [3.05, 3.63) is 70.5 Å². The molecule has 0 aliphatic rings. The predicted molar refractivity (Wildman–Crippen MR) is 83.7 cm³/mol. The van der Waals surface area contributed by atoms with Crippen molar-refractivity contribution in [2.24, 2.45) is 0 Å². The fourth-order valence-corrected chi connectivity index (χ4v) is 2.52. The first-order valence-electron chi connectivity index (χ1n) is 6.09. The minimum atomic E-state index is -0.0255. The van der Waals surface area contributed by atoms with Gasteiger partial charge in [0.25, 0.3) is 0 Å². The van der Waals surface area contributed by atoms with Gasteiger partial charge in [0, 0.05) is 39.1 Å². The fraction of sp³-hybridized carbons (Fsp3) is 0. The normalized spacial score (nSPS) is 10.7. The van der Waals surface area contributed by atoms with Crippen molar-refractivity contribution in [2.45, 2.75) is 0 Å². The van der Waals surface area contributed by atoms with E-state index in [0.717, 1.165) is 15.2 Å². The number of hydrogen-bond donors (Lipinski definition) is 1. The van der Waals surface area contributed by atoms with Gasteiger partial charge in [-0.1, -0.05) is 18.2 Å². The highest BCUT2D eigenvalue weighted by Gasteiger charge is 2.13.